The van der Waals surface area contributed by atoms with Crippen LogP contribution in [0.1, 0.15) is 41.5 Å². The molecule has 40 heavy (non-hydrogen) atoms. The fourth-order valence-corrected chi connectivity index (χ4v) is 2.40. The number of nitrogens with one attached hydrogen (secondary N) is 2. The second-order valence-electron chi connectivity index (χ2n) is 9.88. The minimum absolute atomic E-state index is 0.423. The number of hydrogen-bond donors (Lipinski definition) is 2. The van der Waals surface area contributed by atoms with Crippen LogP contribution in [0.3, 0.4) is 0 Å². The summed E-state index contributed by atoms with van der Waals surface area (Å²) in [6.07, 6.45) is -9.75. The third-order valence-corrected chi connectivity index (χ3v) is 4.06. The number of allylic oxidation sites excluding steroid dienone is 1. The van der Waals surface area contributed by atoms with Gasteiger partial charge in [-0.1, -0.05) is 0 Å². The molecule has 0 aromatic heterocycles. The van der Waals surface area contributed by atoms with E-state index in [1.54, 1.807) is 0 Å². The number of carbonyl (C=O) groups excluding carboxylic acids is 2. The lowest BCUT2D eigenvalue weighted by molar-refractivity contribution is -0.392. The van der Waals surface area contributed by atoms with Crippen LogP contribution in [0.5, 0.6) is 5.75 Å². The van der Waals surface area contributed by atoms with Crippen LogP contribution in [0.4, 0.5) is 69.3 Å². The highest BCUT2D eigenvalue weighted by atomic mass is 19.4. The van der Waals surface area contributed by atoms with Crippen molar-refractivity contribution in [1.82, 2.24) is 0 Å². The Hall–Kier alpha value is -3.47. The standard InChI is InChI=1S/C22H23F11N2O5/c1-17(2,3)39-15(36)34-10-7-8-11(35-16(37)40-18(4,5)6)12(9-10)38-14(24)13(23)19(25,26)20(27,28)21(29,30)22(31,32)33/h7-9H,1-6H3,(H,34,36)(H,35,37). The Balaban J connectivity index is 3.56. The highest BCUT2D eigenvalue weighted by molar-refractivity contribution is 5.90. The van der Waals surface area contributed by atoms with E-state index in [0.29, 0.717) is 6.07 Å². The van der Waals surface area contributed by atoms with Gasteiger partial charge < -0.3 is 14.2 Å². The molecule has 0 saturated heterocycles. The summed E-state index contributed by atoms with van der Waals surface area (Å²) in [6.45, 7) is 8.56. The van der Waals surface area contributed by atoms with Gasteiger partial charge in [-0.3, -0.25) is 10.6 Å². The van der Waals surface area contributed by atoms with Gasteiger partial charge in [0, 0.05) is 11.8 Å². The summed E-state index contributed by atoms with van der Waals surface area (Å²) in [7, 11) is 0. The average molecular weight is 604 g/mol. The van der Waals surface area contributed by atoms with Crippen LogP contribution < -0.4 is 15.4 Å². The zero-order valence-electron chi connectivity index (χ0n) is 21.4. The van der Waals surface area contributed by atoms with Gasteiger partial charge in [-0.15, -0.1) is 0 Å². The highest BCUT2D eigenvalue weighted by Gasteiger charge is 2.83. The van der Waals surface area contributed by atoms with Gasteiger partial charge in [-0.05, 0) is 53.7 Å². The van der Waals surface area contributed by atoms with Crippen LogP contribution in [0.2, 0.25) is 0 Å². The second-order valence-corrected chi connectivity index (χ2v) is 9.88. The number of hydrogen-bond acceptors (Lipinski definition) is 5. The molecule has 0 saturated carbocycles. The first kappa shape index (κ1) is 34.6. The highest BCUT2D eigenvalue weighted by Crippen LogP contribution is 2.56. The largest absolute Gasteiger partial charge is 0.460 e. The minimum atomic E-state index is -7.53. The Labute approximate surface area is 219 Å². The molecule has 0 aliphatic heterocycles. The molecule has 18 heteroatoms. The molecule has 0 radical (unpaired) electrons. The molecule has 0 fully saturated rings. The first-order valence-electron chi connectivity index (χ1n) is 10.7. The molecule has 0 atom stereocenters. The molecule has 228 valence electrons. The van der Waals surface area contributed by atoms with Crippen molar-refractivity contribution in [2.45, 2.75) is 76.7 Å². The number of amides is 2. The van der Waals surface area contributed by atoms with Crippen LogP contribution >= 0.6 is 0 Å². The van der Waals surface area contributed by atoms with Gasteiger partial charge in [0.2, 0.25) is 5.83 Å². The van der Waals surface area contributed by atoms with Crippen molar-refractivity contribution < 1.29 is 72.1 Å². The SMILES string of the molecule is CC(C)(C)OC(=O)Nc1ccc(NC(=O)OC(C)(C)C)c(OC(F)=C(F)C(F)(F)C(F)(F)C(F)(F)C(F)(F)F)c1. The molecule has 2 amide bonds. The number of ether oxygens (including phenoxy) is 3. The Morgan fingerprint density at radius 3 is 1.57 bits per heavy atom. The lowest BCUT2D eigenvalue weighted by Gasteiger charge is -2.32. The molecule has 1 aromatic carbocycles. The lowest BCUT2D eigenvalue weighted by Crippen LogP contribution is -2.61. The third kappa shape index (κ3) is 8.27. The van der Waals surface area contributed by atoms with Crippen LogP contribution in [-0.2, 0) is 9.47 Å². The minimum Gasteiger partial charge on any atom is -0.444 e. The first-order chi connectivity index (χ1) is 17.6. The van der Waals surface area contributed by atoms with Crippen molar-refractivity contribution in [3.05, 3.63) is 30.0 Å². The first-order valence-corrected chi connectivity index (χ1v) is 10.7. The van der Waals surface area contributed by atoms with Gasteiger partial charge in [0.05, 0.1) is 5.69 Å². The summed E-state index contributed by atoms with van der Waals surface area (Å²) in [6, 6.07) is -1.14. The fourth-order valence-electron chi connectivity index (χ4n) is 2.40. The molecule has 0 spiro atoms. The predicted octanol–water partition coefficient (Wildman–Crippen LogP) is 8.34. The Kier molecular flexibility index (Phi) is 9.67. The smallest absolute Gasteiger partial charge is 0.444 e. The number of rotatable bonds is 7. The van der Waals surface area contributed by atoms with Crippen LogP contribution in [0.15, 0.2) is 30.0 Å². The van der Waals surface area contributed by atoms with Gasteiger partial charge in [0.25, 0.3) is 0 Å². The molecule has 0 unspecified atom stereocenters. The molecule has 0 aliphatic rings. The van der Waals surface area contributed by atoms with E-state index >= 15 is 0 Å². The Morgan fingerprint density at radius 2 is 1.15 bits per heavy atom. The zero-order chi connectivity index (χ0) is 31.7. The maximum Gasteiger partial charge on any atom is 0.460 e. The number of benzene rings is 1. The van der Waals surface area contributed by atoms with Crippen LogP contribution in [0, 0.1) is 0 Å². The molecule has 1 rings (SSSR count). The van der Waals surface area contributed by atoms with Crippen molar-refractivity contribution >= 4 is 23.6 Å². The molecule has 0 bridgehead atoms. The summed E-state index contributed by atoms with van der Waals surface area (Å²) in [5.41, 5.74) is -3.36. The van der Waals surface area contributed by atoms with E-state index in [1.807, 2.05) is 10.6 Å². The van der Waals surface area contributed by atoms with E-state index in [1.165, 1.54) is 41.5 Å². The number of carbonyl (C=O) groups is 2. The average Bonchev–Trinajstić information content (AvgIpc) is 2.71. The normalized spacial score (nSPS) is 14.2. The third-order valence-electron chi connectivity index (χ3n) is 4.06. The molecule has 1 aromatic rings. The van der Waals surface area contributed by atoms with E-state index in [-0.39, 0.29) is 0 Å². The second kappa shape index (κ2) is 11.2. The Bertz CT molecular complexity index is 1140. The lowest BCUT2D eigenvalue weighted by atomic mass is 10.0. The summed E-state index contributed by atoms with van der Waals surface area (Å²) in [5.74, 6) is -27.5. The van der Waals surface area contributed by atoms with Crippen molar-refractivity contribution in [3.63, 3.8) is 0 Å². The topological polar surface area (TPSA) is 85.9 Å². The maximum atomic E-state index is 14.3. The molecular weight excluding hydrogens is 581 g/mol. The zero-order valence-corrected chi connectivity index (χ0v) is 21.4. The molecule has 7 nitrogen and oxygen atoms in total. The van der Waals surface area contributed by atoms with Crippen molar-refractivity contribution in [2.75, 3.05) is 10.6 Å². The van der Waals surface area contributed by atoms with Crippen molar-refractivity contribution in [2.24, 2.45) is 0 Å². The van der Waals surface area contributed by atoms with E-state index in [9.17, 15) is 57.9 Å². The van der Waals surface area contributed by atoms with Crippen molar-refractivity contribution in [1.29, 1.82) is 0 Å². The predicted molar refractivity (Wildman–Crippen MR) is 117 cm³/mol. The number of alkyl halides is 9. The Morgan fingerprint density at radius 1 is 0.700 bits per heavy atom. The van der Waals surface area contributed by atoms with Gasteiger partial charge >= 0.3 is 42.1 Å². The quantitative estimate of drug-likeness (QED) is 0.242. The van der Waals surface area contributed by atoms with E-state index in [2.05, 4.69) is 4.74 Å². The molecule has 2 N–H and O–H groups in total. The van der Waals surface area contributed by atoms with Gasteiger partial charge in [-0.2, -0.15) is 48.3 Å². The summed E-state index contributed by atoms with van der Waals surface area (Å²) in [5, 5.41) is 3.94. The summed E-state index contributed by atoms with van der Waals surface area (Å²) < 4.78 is 160. The van der Waals surface area contributed by atoms with Crippen LogP contribution in [-0.4, -0.2) is 47.3 Å². The summed E-state index contributed by atoms with van der Waals surface area (Å²) in [4.78, 5) is 24.0. The molecular formula is C22H23F11N2O5. The van der Waals surface area contributed by atoms with Crippen LogP contribution in [0.25, 0.3) is 0 Å². The maximum absolute atomic E-state index is 14.3. The van der Waals surface area contributed by atoms with Gasteiger partial charge in [0.15, 0.2) is 5.75 Å². The van der Waals surface area contributed by atoms with E-state index in [0.717, 1.165) is 12.1 Å². The monoisotopic (exact) mass is 604 g/mol. The number of halogens is 11. The van der Waals surface area contributed by atoms with Crippen molar-refractivity contribution in [3.8, 4) is 5.75 Å². The van der Waals surface area contributed by atoms with E-state index in [4.69, 9.17) is 9.47 Å². The van der Waals surface area contributed by atoms with E-state index < -0.39 is 76.3 Å². The molecule has 0 heterocycles. The fraction of sp³-hybridized carbons (Fsp3) is 0.545. The molecule has 0 aliphatic carbocycles. The summed E-state index contributed by atoms with van der Waals surface area (Å²) >= 11 is 0. The van der Waals surface area contributed by atoms with Gasteiger partial charge in [0.1, 0.15) is 11.2 Å². The van der Waals surface area contributed by atoms with Gasteiger partial charge in [-0.25, -0.2) is 9.59 Å². The number of anilines is 2.